The number of carbonyl (C=O) groups is 1. The van der Waals surface area contributed by atoms with E-state index in [2.05, 4.69) is 4.98 Å². The number of hydrogen-bond acceptors (Lipinski definition) is 5. The average molecular weight is 275 g/mol. The van der Waals surface area contributed by atoms with Gasteiger partial charge in [0, 0.05) is 23.9 Å². The van der Waals surface area contributed by atoms with E-state index < -0.39 is 10.9 Å². The Balaban J connectivity index is 2.51. The van der Waals surface area contributed by atoms with Crippen LogP contribution in [0.15, 0.2) is 30.5 Å². The minimum atomic E-state index is -0.562. The zero-order valence-electron chi connectivity index (χ0n) is 10.8. The summed E-state index contributed by atoms with van der Waals surface area (Å²) in [4.78, 5) is 24.9. The first-order valence-electron chi connectivity index (χ1n) is 5.93. The van der Waals surface area contributed by atoms with Crippen LogP contribution in [0.3, 0.4) is 0 Å². The molecule has 0 amide bonds. The SMILES string of the molecule is CCOC(=O)c1c(-c2cccc([N+](=O)[O-])c2)c[nH]c1N. The number of rotatable bonds is 4. The summed E-state index contributed by atoms with van der Waals surface area (Å²) >= 11 is 0. The molecule has 0 aliphatic heterocycles. The maximum absolute atomic E-state index is 11.9. The quantitative estimate of drug-likeness (QED) is 0.505. The van der Waals surface area contributed by atoms with Crippen LogP contribution in [0.25, 0.3) is 11.1 Å². The van der Waals surface area contributed by atoms with E-state index in [9.17, 15) is 14.9 Å². The number of benzene rings is 1. The normalized spacial score (nSPS) is 10.2. The zero-order chi connectivity index (χ0) is 14.7. The molecule has 0 saturated carbocycles. The maximum Gasteiger partial charge on any atom is 0.342 e. The van der Waals surface area contributed by atoms with Gasteiger partial charge in [0.05, 0.1) is 11.5 Å². The second-order valence-electron chi connectivity index (χ2n) is 4.02. The van der Waals surface area contributed by atoms with E-state index >= 15 is 0 Å². The molecule has 0 atom stereocenters. The molecule has 2 aromatic rings. The first-order valence-corrected chi connectivity index (χ1v) is 5.93. The van der Waals surface area contributed by atoms with E-state index in [1.54, 1.807) is 19.1 Å². The Kier molecular flexibility index (Phi) is 3.69. The van der Waals surface area contributed by atoms with E-state index in [0.717, 1.165) is 0 Å². The van der Waals surface area contributed by atoms with Crippen molar-refractivity contribution in [2.45, 2.75) is 6.92 Å². The van der Waals surface area contributed by atoms with Crippen molar-refractivity contribution in [1.29, 1.82) is 0 Å². The van der Waals surface area contributed by atoms with Crippen LogP contribution in [-0.2, 0) is 4.74 Å². The Morgan fingerprint density at radius 2 is 2.25 bits per heavy atom. The van der Waals surface area contributed by atoms with E-state index in [1.807, 2.05) is 0 Å². The maximum atomic E-state index is 11.9. The van der Waals surface area contributed by atoms with E-state index in [4.69, 9.17) is 10.5 Å². The van der Waals surface area contributed by atoms with Crippen molar-refractivity contribution in [3.05, 3.63) is 46.1 Å². The lowest BCUT2D eigenvalue weighted by atomic mass is 10.0. The lowest BCUT2D eigenvalue weighted by Gasteiger charge is -2.05. The van der Waals surface area contributed by atoms with Gasteiger partial charge in [-0.3, -0.25) is 10.1 Å². The molecule has 3 N–H and O–H groups in total. The van der Waals surface area contributed by atoms with Gasteiger partial charge in [0.25, 0.3) is 5.69 Å². The number of nitrogens with zero attached hydrogens (tertiary/aromatic N) is 1. The summed E-state index contributed by atoms with van der Waals surface area (Å²) in [6, 6.07) is 5.97. The fourth-order valence-electron chi connectivity index (χ4n) is 1.88. The predicted molar refractivity (Wildman–Crippen MR) is 73.3 cm³/mol. The van der Waals surface area contributed by atoms with Gasteiger partial charge in [0.2, 0.25) is 0 Å². The number of H-pyrrole nitrogens is 1. The Morgan fingerprint density at radius 3 is 2.90 bits per heavy atom. The highest BCUT2D eigenvalue weighted by atomic mass is 16.6. The van der Waals surface area contributed by atoms with Crippen LogP contribution >= 0.6 is 0 Å². The van der Waals surface area contributed by atoms with Crippen LogP contribution in [0, 0.1) is 10.1 Å². The van der Waals surface area contributed by atoms with Crippen molar-refractivity contribution < 1.29 is 14.5 Å². The number of nitrogens with two attached hydrogens (primary N) is 1. The number of aromatic nitrogens is 1. The van der Waals surface area contributed by atoms with Crippen LogP contribution in [0.5, 0.6) is 0 Å². The number of anilines is 1. The summed E-state index contributed by atoms with van der Waals surface area (Å²) in [5, 5.41) is 10.8. The van der Waals surface area contributed by atoms with E-state index in [0.29, 0.717) is 11.1 Å². The van der Waals surface area contributed by atoms with Gasteiger partial charge in [0.1, 0.15) is 11.4 Å². The van der Waals surface area contributed by atoms with Crippen molar-refractivity contribution in [3.63, 3.8) is 0 Å². The monoisotopic (exact) mass is 275 g/mol. The van der Waals surface area contributed by atoms with E-state index in [1.165, 1.54) is 18.3 Å². The average Bonchev–Trinajstić information content (AvgIpc) is 2.81. The van der Waals surface area contributed by atoms with Gasteiger partial charge in [-0.15, -0.1) is 0 Å². The summed E-state index contributed by atoms with van der Waals surface area (Å²) in [5.41, 5.74) is 6.85. The molecule has 0 aliphatic carbocycles. The number of ether oxygens (including phenoxy) is 1. The molecule has 1 aromatic heterocycles. The highest BCUT2D eigenvalue weighted by Crippen LogP contribution is 2.30. The van der Waals surface area contributed by atoms with Crippen LogP contribution in [0.4, 0.5) is 11.5 Å². The first kappa shape index (κ1) is 13.6. The van der Waals surface area contributed by atoms with Gasteiger partial charge >= 0.3 is 5.97 Å². The van der Waals surface area contributed by atoms with Gasteiger partial charge in [0.15, 0.2) is 0 Å². The van der Waals surface area contributed by atoms with Crippen molar-refractivity contribution in [3.8, 4) is 11.1 Å². The molecule has 0 aliphatic rings. The topological polar surface area (TPSA) is 111 Å². The van der Waals surface area contributed by atoms with Gasteiger partial charge in [-0.1, -0.05) is 12.1 Å². The number of non-ortho nitro benzene ring substituents is 1. The minimum absolute atomic E-state index is 0.0583. The molecule has 0 radical (unpaired) electrons. The summed E-state index contributed by atoms with van der Waals surface area (Å²) in [7, 11) is 0. The summed E-state index contributed by atoms with van der Waals surface area (Å²) in [6.45, 7) is 1.91. The molecule has 104 valence electrons. The summed E-state index contributed by atoms with van der Waals surface area (Å²) in [5.74, 6) is -0.391. The van der Waals surface area contributed by atoms with Crippen molar-refractivity contribution in [1.82, 2.24) is 4.98 Å². The van der Waals surface area contributed by atoms with Gasteiger partial charge in [-0.05, 0) is 12.5 Å². The Morgan fingerprint density at radius 1 is 1.50 bits per heavy atom. The van der Waals surface area contributed by atoms with Crippen LogP contribution in [0.1, 0.15) is 17.3 Å². The molecule has 7 nitrogen and oxygen atoms in total. The highest BCUT2D eigenvalue weighted by molar-refractivity contribution is 6.02. The third-order valence-electron chi connectivity index (χ3n) is 2.76. The number of nitrogen functional groups attached to an aromatic ring is 1. The molecule has 0 fully saturated rings. The minimum Gasteiger partial charge on any atom is -0.462 e. The van der Waals surface area contributed by atoms with Gasteiger partial charge < -0.3 is 15.5 Å². The van der Waals surface area contributed by atoms with Gasteiger partial charge in [-0.25, -0.2) is 4.79 Å². The fourth-order valence-corrected chi connectivity index (χ4v) is 1.88. The molecular formula is C13H13N3O4. The molecule has 2 rings (SSSR count). The Labute approximate surface area is 114 Å². The fraction of sp³-hybridized carbons (Fsp3) is 0.154. The molecule has 1 heterocycles. The second-order valence-corrected chi connectivity index (χ2v) is 4.02. The number of hydrogen-bond donors (Lipinski definition) is 2. The van der Waals surface area contributed by atoms with Crippen LogP contribution < -0.4 is 5.73 Å². The molecule has 0 spiro atoms. The molecular weight excluding hydrogens is 262 g/mol. The lowest BCUT2D eigenvalue weighted by molar-refractivity contribution is -0.384. The Bertz CT molecular complexity index is 663. The predicted octanol–water partition coefficient (Wildman–Crippen LogP) is 2.35. The number of aromatic amines is 1. The number of carbonyl (C=O) groups excluding carboxylic acids is 1. The summed E-state index contributed by atoms with van der Waals surface area (Å²) in [6.07, 6.45) is 1.53. The number of nitrogens with one attached hydrogen (secondary N) is 1. The molecule has 0 bridgehead atoms. The second kappa shape index (κ2) is 5.43. The number of nitro benzene ring substituents is 1. The third kappa shape index (κ3) is 2.46. The smallest absolute Gasteiger partial charge is 0.342 e. The largest absolute Gasteiger partial charge is 0.462 e. The van der Waals surface area contributed by atoms with Crippen molar-refractivity contribution in [2.75, 3.05) is 12.3 Å². The molecule has 1 aromatic carbocycles. The summed E-state index contributed by atoms with van der Waals surface area (Å²) < 4.78 is 4.93. The molecule has 7 heteroatoms. The number of nitro groups is 1. The lowest BCUT2D eigenvalue weighted by Crippen LogP contribution is -2.07. The van der Waals surface area contributed by atoms with Crippen LogP contribution in [0.2, 0.25) is 0 Å². The van der Waals surface area contributed by atoms with Crippen molar-refractivity contribution in [2.24, 2.45) is 0 Å². The standard InChI is InChI=1S/C13H13N3O4/c1-2-20-13(17)11-10(7-15-12(11)14)8-4-3-5-9(6-8)16(18)19/h3-7,15H,2,14H2,1H3. The Hall–Kier alpha value is -2.83. The highest BCUT2D eigenvalue weighted by Gasteiger charge is 2.20. The van der Waals surface area contributed by atoms with Crippen LogP contribution in [-0.4, -0.2) is 22.5 Å². The van der Waals surface area contributed by atoms with E-state index in [-0.39, 0.29) is 23.7 Å². The first-order chi connectivity index (χ1) is 9.54. The van der Waals surface area contributed by atoms with Gasteiger partial charge in [-0.2, -0.15) is 0 Å². The molecule has 0 unspecified atom stereocenters. The third-order valence-corrected chi connectivity index (χ3v) is 2.76. The van der Waals surface area contributed by atoms with Crippen molar-refractivity contribution >= 4 is 17.5 Å². The number of esters is 1. The molecule has 20 heavy (non-hydrogen) atoms. The molecule has 0 saturated heterocycles. The zero-order valence-corrected chi connectivity index (χ0v) is 10.8.